The van der Waals surface area contributed by atoms with Gasteiger partial charge in [0.1, 0.15) is 17.4 Å². The van der Waals surface area contributed by atoms with Crippen LogP contribution in [-0.4, -0.2) is 41.6 Å². The van der Waals surface area contributed by atoms with E-state index in [4.69, 9.17) is 0 Å². The molecule has 0 unspecified atom stereocenters. The Kier molecular flexibility index (Phi) is 5.70. The van der Waals surface area contributed by atoms with Crippen LogP contribution in [0.2, 0.25) is 0 Å². The second-order valence-electron chi connectivity index (χ2n) is 7.74. The Morgan fingerprint density at radius 1 is 1.03 bits per heavy atom. The summed E-state index contributed by atoms with van der Waals surface area (Å²) in [5.74, 6) is -0.322. The van der Waals surface area contributed by atoms with E-state index < -0.39 is 0 Å². The first-order chi connectivity index (χ1) is 16.1. The van der Waals surface area contributed by atoms with E-state index in [0.717, 1.165) is 15.8 Å². The van der Waals surface area contributed by atoms with E-state index in [-0.39, 0.29) is 29.4 Å². The molecule has 0 radical (unpaired) electrons. The predicted molar refractivity (Wildman–Crippen MR) is 129 cm³/mol. The van der Waals surface area contributed by atoms with E-state index >= 15 is 0 Å². The van der Waals surface area contributed by atoms with Crippen LogP contribution in [0.25, 0.3) is 10.2 Å². The summed E-state index contributed by atoms with van der Waals surface area (Å²) in [5.41, 5.74) is 1.92. The number of nitriles is 1. The van der Waals surface area contributed by atoms with Gasteiger partial charge in [-0.2, -0.15) is 5.26 Å². The maximum Gasteiger partial charge on any atom is 0.271 e. The van der Waals surface area contributed by atoms with Crippen molar-refractivity contribution in [3.63, 3.8) is 0 Å². The van der Waals surface area contributed by atoms with Gasteiger partial charge < -0.3 is 14.4 Å². The van der Waals surface area contributed by atoms with Gasteiger partial charge in [0.15, 0.2) is 0 Å². The van der Waals surface area contributed by atoms with Gasteiger partial charge in [-0.25, -0.2) is 4.39 Å². The lowest BCUT2D eigenvalue weighted by atomic mass is 10.1. The summed E-state index contributed by atoms with van der Waals surface area (Å²) in [7, 11) is 0. The molecular formula is C24H19FN4O2S2. The first-order valence-corrected chi connectivity index (χ1v) is 12.2. The Labute approximate surface area is 197 Å². The lowest BCUT2D eigenvalue weighted by molar-refractivity contribution is 0.0751. The number of thiophene rings is 2. The number of hydrogen-bond donors (Lipinski definition) is 0. The highest BCUT2D eigenvalue weighted by Gasteiger charge is 2.28. The molecule has 0 aliphatic carbocycles. The molecule has 0 spiro atoms. The van der Waals surface area contributed by atoms with Crippen LogP contribution in [0.3, 0.4) is 0 Å². The number of carbonyl (C=O) groups is 1. The van der Waals surface area contributed by atoms with Crippen LogP contribution >= 0.6 is 22.7 Å². The summed E-state index contributed by atoms with van der Waals surface area (Å²) in [6.45, 7) is 2.38. The van der Waals surface area contributed by atoms with Crippen molar-refractivity contribution < 1.29 is 9.18 Å². The molecule has 9 heteroatoms. The van der Waals surface area contributed by atoms with E-state index in [1.807, 2.05) is 38.8 Å². The van der Waals surface area contributed by atoms with Crippen LogP contribution in [0.5, 0.6) is 0 Å². The van der Waals surface area contributed by atoms with Gasteiger partial charge in [-0.1, -0.05) is 18.2 Å². The van der Waals surface area contributed by atoms with Crippen molar-refractivity contribution in [1.82, 2.24) is 9.47 Å². The SMILES string of the molecule is N#Cc1c(N2CCN(C(=O)c3cccs3)CC2)c2sccc2n(Cc2ccc(F)cc2)c1=O. The highest BCUT2D eigenvalue weighted by molar-refractivity contribution is 7.17. The fraction of sp³-hybridized carbons (Fsp3) is 0.208. The van der Waals surface area contributed by atoms with Crippen LogP contribution in [0, 0.1) is 17.1 Å². The average Bonchev–Trinajstić information content (AvgIpc) is 3.54. The third kappa shape index (κ3) is 3.92. The van der Waals surface area contributed by atoms with Crippen LogP contribution in [0.15, 0.2) is 58.0 Å². The summed E-state index contributed by atoms with van der Waals surface area (Å²) in [5, 5.41) is 13.7. The topological polar surface area (TPSA) is 69.3 Å². The van der Waals surface area contributed by atoms with Crippen molar-refractivity contribution in [3.05, 3.63) is 85.4 Å². The molecule has 0 atom stereocenters. The molecule has 4 aromatic rings. The Hall–Kier alpha value is -3.48. The normalized spacial score (nSPS) is 13.9. The fourth-order valence-electron chi connectivity index (χ4n) is 4.17. The molecular weight excluding hydrogens is 459 g/mol. The van der Waals surface area contributed by atoms with Crippen molar-refractivity contribution in [2.45, 2.75) is 6.54 Å². The lowest BCUT2D eigenvalue weighted by Gasteiger charge is -2.36. The number of pyridine rings is 1. The van der Waals surface area contributed by atoms with E-state index in [1.165, 1.54) is 34.8 Å². The zero-order valence-corrected chi connectivity index (χ0v) is 19.2. The lowest BCUT2D eigenvalue weighted by Crippen LogP contribution is -2.49. The van der Waals surface area contributed by atoms with Gasteiger partial charge in [-0.15, -0.1) is 22.7 Å². The number of carbonyl (C=O) groups excluding carboxylic acids is 1. The van der Waals surface area contributed by atoms with Crippen molar-refractivity contribution in [2.75, 3.05) is 31.1 Å². The van der Waals surface area contributed by atoms with Gasteiger partial charge in [0.05, 0.1) is 27.3 Å². The predicted octanol–water partition coefficient (Wildman–Crippen LogP) is 4.15. The average molecular weight is 479 g/mol. The maximum absolute atomic E-state index is 13.4. The molecule has 4 heterocycles. The molecule has 1 aliphatic heterocycles. The highest BCUT2D eigenvalue weighted by Crippen LogP contribution is 2.34. The summed E-state index contributed by atoms with van der Waals surface area (Å²) < 4.78 is 15.8. The molecule has 5 rings (SSSR count). The van der Waals surface area contributed by atoms with Gasteiger partial charge in [-0.3, -0.25) is 9.59 Å². The summed E-state index contributed by atoms with van der Waals surface area (Å²) in [6, 6.07) is 13.7. The number of piperazine rings is 1. The van der Waals surface area contributed by atoms with Gasteiger partial charge in [0.25, 0.3) is 11.5 Å². The van der Waals surface area contributed by atoms with Crippen molar-refractivity contribution in [1.29, 1.82) is 5.26 Å². The number of aromatic nitrogens is 1. The molecule has 1 aliphatic rings. The second-order valence-corrected chi connectivity index (χ2v) is 9.61. The Morgan fingerprint density at radius 3 is 2.45 bits per heavy atom. The standard InChI is InChI=1S/C24H19FN4O2S2/c25-17-5-3-16(4-6-17)15-29-19-7-13-33-22(19)21(18(14-26)23(29)30)27-8-10-28(11-9-27)24(31)20-2-1-12-32-20/h1-7,12-13H,8-11,15H2. The molecule has 6 nitrogen and oxygen atoms in total. The molecule has 0 bridgehead atoms. The largest absolute Gasteiger partial charge is 0.366 e. The Balaban J connectivity index is 1.48. The number of anilines is 1. The minimum atomic E-state index is -0.361. The minimum absolute atomic E-state index is 0.0149. The second kappa shape index (κ2) is 8.81. The van der Waals surface area contributed by atoms with E-state index in [2.05, 4.69) is 6.07 Å². The molecule has 1 fully saturated rings. The third-order valence-corrected chi connectivity index (χ3v) is 7.60. The van der Waals surface area contributed by atoms with Crippen molar-refractivity contribution in [2.24, 2.45) is 0 Å². The molecule has 1 saturated heterocycles. The van der Waals surface area contributed by atoms with E-state index in [9.17, 15) is 19.2 Å². The number of halogens is 1. The molecule has 0 N–H and O–H groups in total. The number of fused-ring (bicyclic) bond motifs is 1. The smallest absolute Gasteiger partial charge is 0.271 e. The maximum atomic E-state index is 13.4. The van der Waals surface area contributed by atoms with E-state index in [0.29, 0.717) is 36.7 Å². The van der Waals surface area contributed by atoms with Crippen molar-refractivity contribution in [3.8, 4) is 6.07 Å². The van der Waals surface area contributed by atoms with Crippen LogP contribution in [0.1, 0.15) is 20.8 Å². The van der Waals surface area contributed by atoms with Crippen LogP contribution in [0.4, 0.5) is 10.1 Å². The third-order valence-electron chi connectivity index (χ3n) is 5.83. The number of rotatable bonds is 4. The fourth-order valence-corrected chi connectivity index (χ4v) is 5.84. The van der Waals surface area contributed by atoms with E-state index in [1.54, 1.807) is 16.7 Å². The highest BCUT2D eigenvalue weighted by atomic mass is 32.1. The number of nitrogens with zero attached hydrogens (tertiary/aromatic N) is 4. The molecule has 3 aromatic heterocycles. The van der Waals surface area contributed by atoms with Crippen LogP contribution in [-0.2, 0) is 6.54 Å². The zero-order valence-electron chi connectivity index (χ0n) is 17.5. The van der Waals surface area contributed by atoms with Gasteiger partial charge >= 0.3 is 0 Å². The number of benzene rings is 1. The molecule has 1 aromatic carbocycles. The summed E-state index contributed by atoms with van der Waals surface area (Å²) in [6.07, 6.45) is 0. The molecule has 0 saturated carbocycles. The monoisotopic (exact) mass is 478 g/mol. The molecule has 166 valence electrons. The Bertz CT molecular complexity index is 1410. The quantitative estimate of drug-likeness (QED) is 0.442. The Morgan fingerprint density at radius 2 is 1.79 bits per heavy atom. The first kappa shape index (κ1) is 21.4. The number of hydrogen-bond acceptors (Lipinski definition) is 6. The summed E-state index contributed by atoms with van der Waals surface area (Å²) in [4.78, 5) is 30.6. The van der Waals surface area contributed by atoms with Gasteiger partial charge in [-0.05, 0) is 40.6 Å². The number of amides is 1. The molecule has 1 amide bonds. The molecule has 33 heavy (non-hydrogen) atoms. The van der Waals surface area contributed by atoms with Crippen molar-refractivity contribution >= 4 is 44.5 Å². The van der Waals surface area contributed by atoms with Gasteiger partial charge in [0.2, 0.25) is 0 Å². The summed E-state index contributed by atoms with van der Waals surface area (Å²) >= 11 is 2.91. The van der Waals surface area contributed by atoms with Crippen LogP contribution < -0.4 is 10.5 Å². The zero-order chi connectivity index (χ0) is 22.9. The van der Waals surface area contributed by atoms with Gasteiger partial charge in [0, 0.05) is 26.2 Å². The first-order valence-electron chi connectivity index (χ1n) is 10.4. The minimum Gasteiger partial charge on any atom is -0.366 e.